The average Bonchev–Trinajstić information content (AvgIpc) is 2.26. The van der Waals surface area contributed by atoms with Crippen molar-refractivity contribution in [2.75, 3.05) is 13.2 Å². The van der Waals surface area contributed by atoms with Gasteiger partial charge in [-0.25, -0.2) is 18.1 Å². The highest BCUT2D eigenvalue weighted by Crippen LogP contribution is 2.15. The molecule has 1 aromatic rings. The van der Waals surface area contributed by atoms with Crippen molar-refractivity contribution in [1.29, 1.82) is 0 Å². The Morgan fingerprint density at radius 3 is 2.35 bits per heavy atom. The molecule has 0 saturated carbocycles. The Morgan fingerprint density at radius 1 is 1.29 bits per heavy atom. The van der Waals surface area contributed by atoms with E-state index in [4.69, 9.17) is 16.6 Å². The van der Waals surface area contributed by atoms with Gasteiger partial charge in [-0.15, -0.1) is 0 Å². The maximum absolute atomic E-state index is 11.6. The second-order valence-electron chi connectivity index (χ2n) is 3.15. The smallest absolute Gasteiger partial charge is 0.240 e. The third-order valence-electron chi connectivity index (χ3n) is 1.81. The summed E-state index contributed by atoms with van der Waals surface area (Å²) < 4.78 is 25.5. The first kappa shape index (κ1) is 13.4. The van der Waals surface area contributed by atoms with E-state index in [-0.39, 0.29) is 24.0 Å². The van der Waals surface area contributed by atoms with Crippen LogP contribution in [0.3, 0.4) is 0 Å². The van der Waals surface area contributed by atoms with Crippen LogP contribution in [-0.4, -0.2) is 32.6 Å². The van der Waals surface area contributed by atoms with Gasteiger partial charge in [-0.3, -0.25) is 0 Å². The minimum Gasteiger partial charge on any atom is -0.395 e. The maximum atomic E-state index is 11.6. The number of aliphatic imine (C=N–C) groups is 1. The van der Waals surface area contributed by atoms with Crippen molar-refractivity contribution in [3.05, 3.63) is 24.3 Å². The summed E-state index contributed by atoms with van der Waals surface area (Å²) in [4.78, 5) is 3.85. The molecule has 94 valence electrons. The Morgan fingerprint density at radius 2 is 1.88 bits per heavy atom. The lowest BCUT2D eigenvalue weighted by Crippen LogP contribution is -2.26. The Hall–Kier alpha value is -1.64. The predicted molar refractivity (Wildman–Crippen MR) is 64.2 cm³/mol. The zero-order valence-electron chi connectivity index (χ0n) is 9.00. The molecule has 8 heteroatoms. The van der Waals surface area contributed by atoms with Gasteiger partial charge in [0.05, 0.1) is 17.2 Å². The van der Waals surface area contributed by atoms with Crippen molar-refractivity contribution in [2.45, 2.75) is 4.90 Å². The fraction of sp³-hybridized carbons (Fsp3) is 0.222. The molecule has 7 nitrogen and oxygen atoms in total. The molecule has 0 unspecified atom stereocenters. The van der Waals surface area contributed by atoms with E-state index in [1.807, 2.05) is 0 Å². The van der Waals surface area contributed by atoms with Gasteiger partial charge in [0.15, 0.2) is 5.96 Å². The van der Waals surface area contributed by atoms with E-state index in [1.165, 1.54) is 24.3 Å². The molecule has 0 fully saturated rings. The van der Waals surface area contributed by atoms with Crippen LogP contribution in [0.5, 0.6) is 0 Å². The summed E-state index contributed by atoms with van der Waals surface area (Å²) >= 11 is 0. The molecule has 0 aromatic heterocycles. The van der Waals surface area contributed by atoms with Gasteiger partial charge < -0.3 is 16.6 Å². The second kappa shape index (κ2) is 5.62. The number of benzene rings is 1. The molecule has 17 heavy (non-hydrogen) atoms. The maximum Gasteiger partial charge on any atom is 0.240 e. The standard InChI is InChI=1S/C9H14N4O3S/c10-9(11)13-7-1-3-8(4-2-7)17(15,16)12-5-6-14/h1-4,12,14H,5-6H2,(H4,10,11,13). The molecular formula is C9H14N4O3S. The van der Waals surface area contributed by atoms with Gasteiger partial charge in [-0.05, 0) is 24.3 Å². The van der Waals surface area contributed by atoms with Crippen molar-refractivity contribution in [2.24, 2.45) is 16.5 Å². The number of guanidine groups is 1. The summed E-state index contributed by atoms with van der Waals surface area (Å²) in [5.41, 5.74) is 10.8. The van der Waals surface area contributed by atoms with Gasteiger partial charge in [-0.1, -0.05) is 0 Å². The van der Waals surface area contributed by atoms with Gasteiger partial charge in [0.25, 0.3) is 0 Å². The topological polar surface area (TPSA) is 131 Å². The minimum absolute atomic E-state index is 0.0298. The van der Waals surface area contributed by atoms with Crippen molar-refractivity contribution >= 4 is 21.7 Å². The number of nitrogens with two attached hydrogens (primary N) is 2. The monoisotopic (exact) mass is 258 g/mol. The molecular weight excluding hydrogens is 244 g/mol. The predicted octanol–water partition coefficient (Wildman–Crippen LogP) is -1.14. The van der Waals surface area contributed by atoms with E-state index >= 15 is 0 Å². The van der Waals surface area contributed by atoms with Crippen molar-refractivity contribution in [3.63, 3.8) is 0 Å². The second-order valence-corrected chi connectivity index (χ2v) is 4.92. The number of nitrogens with one attached hydrogen (secondary N) is 1. The fourth-order valence-corrected chi connectivity index (χ4v) is 2.13. The summed E-state index contributed by atoms with van der Waals surface area (Å²) in [7, 11) is -3.59. The van der Waals surface area contributed by atoms with Crippen LogP contribution in [0.2, 0.25) is 0 Å². The fourth-order valence-electron chi connectivity index (χ4n) is 1.11. The molecule has 1 rings (SSSR count). The van der Waals surface area contributed by atoms with Crippen LogP contribution in [-0.2, 0) is 10.0 Å². The number of sulfonamides is 1. The first-order chi connectivity index (χ1) is 7.95. The Bertz CT molecular complexity index is 491. The average molecular weight is 258 g/mol. The molecule has 0 spiro atoms. The SMILES string of the molecule is NC(N)=Nc1ccc(S(=O)(=O)NCCO)cc1. The Labute approximate surface area is 99.2 Å². The van der Waals surface area contributed by atoms with Crippen molar-refractivity contribution in [3.8, 4) is 0 Å². The van der Waals surface area contributed by atoms with E-state index < -0.39 is 10.0 Å². The van der Waals surface area contributed by atoms with E-state index in [2.05, 4.69) is 9.71 Å². The lowest BCUT2D eigenvalue weighted by atomic mass is 10.3. The molecule has 0 atom stereocenters. The van der Waals surface area contributed by atoms with E-state index in [1.54, 1.807) is 0 Å². The van der Waals surface area contributed by atoms with Crippen LogP contribution >= 0.6 is 0 Å². The number of hydrogen-bond acceptors (Lipinski definition) is 4. The van der Waals surface area contributed by atoms with Crippen molar-refractivity contribution in [1.82, 2.24) is 4.72 Å². The first-order valence-electron chi connectivity index (χ1n) is 4.76. The normalized spacial score (nSPS) is 11.1. The molecule has 0 aliphatic rings. The summed E-state index contributed by atoms with van der Waals surface area (Å²) in [6.45, 7) is -0.288. The minimum atomic E-state index is -3.59. The summed E-state index contributed by atoms with van der Waals surface area (Å²) in [5.74, 6) is -0.0981. The lowest BCUT2D eigenvalue weighted by Gasteiger charge is -2.05. The molecule has 0 amide bonds. The quantitative estimate of drug-likeness (QED) is 0.392. The van der Waals surface area contributed by atoms with Gasteiger partial charge in [-0.2, -0.15) is 0 Å². The number of nitrogens with zero attached hydrogens (tertiary/aromatic N) is 1. The molecule has 0 aliphatic carbocycles. The Balaban J connectivity index is 2.91. The van der Waals surface area contributed by atoms with E-state index in [9.17, 15) is 8.42 Å². The van der Waals surface area contributed by atoms with Crippen LogP contribution in [0.25, 0.3) is 0 Å². The molecule has 0 heterocycles. The molecule has 6 N–H and O–H groups in total. The summed E-state index contributed by atoms with van der Waals surface area (Å²) in [6.07, 6.45) is 0. The highest BCUT2D eigenvalue weighted by Gasteiger charge is 2.12. The van der Waals surface area contributed by atoms with Crippen LogP contribution in [0.4, 0.5) is 5.69 Å². The van der Waals surface area contributed by atoms with Crippen molar-refractivity contribution < 1.29 is 13.5 Å². The summed E-state index contributed by atoms with van der Waals surface area (Å²) in [6, 6.07) is 5.71. The number of aliphatic hydroxyl groups excluding tert-OH is 1. The molecule has 1 aromatic carbocycles. The number of aliphatic hydroxyl groups is 1. The van der Waals surface area contributed by atoms with Crippen LogP contribution in [0.15, 0.2) is 34.2 Å². The van der Waals surface area contributed by atoms with E-state index in [0.29, 0.717) is 5.69 Å². The number of rotatable bonds is 5. The summed E-state index contributed by atoms with van der Waals surface area (Å²) in [5, 5.41) is 8.55. The lowest BCUT2D eigenvalue weighted by molar-refractivity contribution is 0.301. The van der Waals surface area contributed by atoms with Gasteiger partial charge >= 0.3 is 0 Å². The highest BCUT2D eigenvalue weighted by atomic mass is 32.2. The zero-order valence-corrected chi connectivity index (χ0v) is 9.81. The third-order valence-corrected chi connectivity index (χ3v) is 3.29. The zero-order chi connectivity index (χ0) is 12.9. The van der Waals surface area contributed by atoms with Gasteiger partial charge in [0.2, 0.25) is 10.0 Å². The highest BCUT2D eigenvalue weighted by molar-refractivity contribution is 7.89. The number of hydrogen-bond donors (Lipinski definition) is 4. The van der Waals surface area contributed by atoms with Gasteiger partial charge in [0.1, 0.15) is 0 Å². The Kier molecular flexibility index (Phi) is 4.44. The van der Waals surface area contributed by atoms with E-state index in [0.717, 1.165) is 0 Å². The van der Waals surface area contributed by atoms with Crippen LogP contribution < -0.4 is 16.2 Å². The van der Waals surface area contributed by atoms with Crippen LogP contribution in [0.1, 0.15) is 0 Å². The van der Waals surface area contributed by atoms with Crippen LogP contribution in [0, 0.1) is 0 Å². The largest absolute Gasteiger partial charge is 0.395 e. The molecule has 0 aliphatic heterocycles. The first-order valence-corrected chi connectivity index (χ1v) is 6.24. The third kappa shape index (κ3) is 4.02. The molecule has 0 bridgehead atoms. The van der Waals surface area contributed by atoms with Gasteiger partial charge in [0, 0.05) is 6.54 Å². The molecule has 0 saturated heterocycles. The molecule has 0 radical (unpaired) electrons.